The number of carbonyl (C=O) groups excluding carboxylic acids is 1. The second-order valence-electron chi connectivity index (χ2n) is 5.58. The van der Waals surface area contributed by atoms with Gasteiger partial charge in [-0.15, -0.1) is 0 Å². The Morgan fingerprint density at radius 2 is 1.38 bits per heavy atom. The summed E-state index contributed by atoms with van der Waals surface area (Å²) in [5.41, 5.74) is 2.30. The van der Waals surface area contributed by atoms with E-state index in [9.17, 15) is 4.79 Å². The fourth-order valence-corrected chi connectivity index (χ4v) is 3.14. The molecule has 0 saturated carbocycles. The van der Waals surface area contributed by atoms with Crippen LogP contribution in [-0.4, -0.2) is 5.91 Å². The zero-order valence-electron chi connectivity index (χ0n) is 12.7. The quantitative estimate of drug-likeness (QED) is 0.697. The van der Waals surface area contributed by atoms with E-state index in [1.54, 1.807) is 12.1 Å². The average molecular weight is 336 g/mol. The van der Waals surface area contributed by atoms with Crippen LogP contribution in [0, 0.1) is 0 Å². The van der Waals surface area contributed by atoms with Crippen LogP contribution in [-0.2, 0) is 4.79 Å². The second-order valence-corrected chi connectivity index (χ2v) is 5.99. The van der Waals surface area contributed by atoms with Gasteiger partial charge in [-0.25, -0.2) is 0 Å². The van der Waals surface area contributed by atoms with Crippen LogP contribution < -0.4 is 10.1 Å². The first kappa shape index (κ1) is 14.8. The number of nitrogens with one attached hydrogen (secondary N) is 1. The van der Waals surface area contributed by atoms with Crippen molar-refractivity contribution in [3.8, 4) is 11.5 Å². The number of ether oxygens (including phenoxy) is 1. The zero-order chi connectivity index (χ0) is 16.5. The molecule has 0 atom stereocenters. The van der Waals surface area contributed by atoms with Crippen LogP contribution in [0.25, 0.3) is 0 Å². The van der Waals surface area contributed by atoms with Gasteiger partial charge in [-0.1, -0.05) is 60.1 Å². The molecule has 0 aliphatic carbocycles. The van der Waals surface area contributed by atoms with Crippen molar-refractivity contribution < 1.29 is 9.53 Å². The summed E-state index contributed by atoms with van der Waals surface area (Å²) in [5, 5.41) is 3.45. The molecule has 24 heavy (non-hydrogen) atoms. The van der Waals surface area contributed by atoms with Crippen LogP contribution >= 0.6 is 11.6 Å². The standard InChI is InChI=1S/C20H14ClNO2/c21-15-9-3-4-10-16(15)22-20(23)19-13-7-1-5-11-17(13)24-18-12-6-2-8-14(18)19/h1-12,19H,(H,22,23). The van der Waals surface area contributed by atoms with Gasteiger partial charge in [0.15, 0.2) is 0 Å². The molecule has 1 amide bonds. The Hall–Kier alpha value is -2.78. The van der Waals surface area contributed by atoms with Crippen molar-refractivity contribution in [3.05, 3.63) is 88.9 Å². The molecule has 0 saturated heterocycles. The summed E-state index contributed by atoms with van der Waals surface area (Å²) in [4.78, 5) is 13.0. The smallest absolute Gasteiger partial charge is 0.236 e. The fourth-order valence-electron chi connectivity index (χ4n) is 2.96. The number of amides is 1. The number of halogens is 1. The Balaban J connectivity index is 1.77. The van der Waals surface area contributed by atoms with E-state index in [4.69, 9.17) is 16.3 Å². The van der Waals surface area contributed by atoms with Gasteiger partial charge < -0.3 is 10.1 Å². The minimum atomic E-state index is -0.442. The molecular weight excluding hydrogens is 322 g/mol. The highest BCUT2D eigenvalue weighted by Gasteiger charge is 2.32. The number of carbonyl (C=O) groups is 1. The predicted molar refractivity (Wildman–Crippen MR) is 94.9 cm³/mol. The number of fused-ring (bicyclic) bond motifs is 2. The van der Waals surface area contributed by atoms with E-state index < -0.39 is 5.92 Å². The van der Waals surface area contributed by atoms with E-state index in [1.165, 1.54) is 0 Å². The van der Waals surface area contributed by atoms with Crippen molar-refractivity contribution in [2.75, 3.05) is 5.32 Å². The van der Waals surface area contributed by atoms with E-state index in [-0.39, 0.29) is 5.91 Å². The molecule has 3 aromatic rings. The lowest BCUT2D eigenvalue weighted by Gasteiger charge is -2.27. The fraction of sp³-hybridized carbons (Fsp3) is 0.0500. The molecule has 1 N–H and O–H groups in total. The Kier molecular flexibility index (Phi) is 3.71. The number of para-hydroxylation sites is 3. The van der Waals surface area contributed by atoms with E-state index in [0.717, 1.165) is 11.1 Å². The van der Waals surface area contributed by atoms with Crippen molar-refractivity contribution in [2.24, 2.45) is 0 Å². The summed E-state index contributed by atoms with van der Waals surface area (Å²) in [6, 6.07) is 22.4. The van der Waals surface area contributed by atoms with E-state index in [0.29, 0.717) is 22.2 Å². The van der Waals surface area contributed by atoms with Crippen LogP contribution in [0.2, 0.25) is 5.02 Å². The number of benzene rings is 3. The van der Waals surface area contributed by atoms with Gasteiger partial charge >= 0.3 is 0 Å². The molecule has 3 aromatic carbocycles. The molecule has 0 unspecified atom stereocenters. The molecule has 1 aliphatic rings. The molecule has 0 spiro atoms. The summed E-state index contributed by atoms with van der Waals surface area (Å²) in [6.07, 6.45) is 0. The molecule has 4 rings (SSSR count). The van der Waals surface area contributed by atoms with Crippen LogP contribution in [0.4, 0.5) is 5.69 Å². The van der Waals surface area contributed by atoms with Crippen molar-refractivity contribution >= 4 is 23.2 Å². The highest BCUT2D eigenvalue weighted by Crippen LogP contribution is 2.44. The van der Waals surface area contributed by atoms with Gasteiger partial charge in [0.1, 0.15) is 11.5 Å². The van der Waals surface area contributed by atoms with E-state index in [1.807, 2.05) is 60.7 Å². The molecule has 1 heterocycles. The Labute approximate surface area is 144 Å². The molecule has 0 radical (unpaired) electrons. The molecule has 0 fully saturated rings. The van der Waals surface area contributed by atoms with Gasteiger partial charge in [-0.2, -0.15) is 0 Å². The van der Waals surface area contributed by atoms with Crippen LogP contribution in [0.5, 0.6) is 11.5 Å². The van der Waals surface area contributed by atoms with Crippen LogP contribution in [0.15, 0.2) is 72.8 Å². The van der Waals surface area contributed by atoms with Crippen molar-refractivity contribution in [1.82, 2.24) is 0 Å². The Morgan fingerprint density at radius 3 is 2.00 bits per heavy atom. The molecule has 4 heteroatoms. The maximum Gasteiger partial charge on any atom is 0.236 e. The molecular formula is C20H14ClNO2. The first-order chi connectivity index (χ1) is 11.7. The molecule has 118 valence electrons. The van der Waals surface area contributed by atoms with Gasteiger partial charge in [-0.3, -0.25) is 4.79 Å². The minimum absolute atomic E-state index is 0.133. The third kappa shape index (κ3) is 2.53. The van der Waals surface area contributed by atoms with E-state index >= 15 is 0 Å². The third-order valence-corrected chi connectivity index (χ3v) is 4.40. The highest BCUT2D eigenvalue weighted by molar-refractivity contribution is 6.33. The summed E-state index contributed by atoms with van der Waals surface area (Å²) >= 11 is 6.17. The van der Waals surface area contributed by atoms with E-state index in [2.05, 4.69) is 5.32 Å². The molecule has 0 aromatic heterocycles. The summed E-state index contributed by atoms with van der Waals surface area (Å²) < 4.78 is 5.93. The topological polar surface area (TPSA) is 38.3 Å². The molecule has 1 aliphatic heterocycles. The van der Waals surface area contributed by atoms with Crippen LogP contribution in [0.1, 0.15) is 17.0 Å². The number of hydrogen-bond donors (Lipinski definition) is 1. The average Bonchev–Trinajstić information content (AvgIpc) is 2.61. The van der Waals surface area contributed by atoms with Crippen LogP contribution in [0.3, 0.4) is 0 Å². The lowest BCUT2D eigenvalue weighted by Crippen LogP contribution is -2.25. The highest BCUT2D eigenvalue weighted by atomic mass is 35.5. The maximum absolute atomic E-state index is 13.0. The number of anilines is 1. The monoisotopic (exact) mass is 335 g/mol. The number of hydrogen-bond acceptors (Lipinski definition) is 2. The van der Waals surface area contributed by atoms with Gasteiger partial charge in [0.2, 0.25) is 5.91 Å². The summed E-state index contributed by atoms with van der Waals surface area (Å²) in [7, 11) is 0. The van der Waals surface area contributed by atoms with Crippen molar-refractivity contribution in [3.63, 3.8) is 0 Å². The summed E-state index contributed by atoms with van der Waals surface area (Å²) in [6.45, 7) is 0. The molecule has 0 bridgehead atoms. The predicted octanol–water partition coefficient (Wildman–Crippen LogP) is 5.22. The maximum atomic E-state index is 13.0. The SMILES string of the molecule is O=C(Nc1ccccc1Cl)C1c2ccccc2Oc2ccccc21. The Bertz CT molecular complexity index is 877. The van der Waals surface area contributed by atoms with Gasteiger partial charge in [0, 0.05) is 11.1 Å². The van der Waals surface area contributed by atoms with Gasteiger partial charge in [0.05, 0.1) is 16.6 Å². The first-order valence-corrected chi connectivity index (χ1v) is 8.03. The second kappa shape index (κ2) is 6.02. The largest absolute Gasteiger partial charge is 0.457 e. The third-order valence-electron chi connectivity index (χ3n) is 4.07. The zero-order valence-corrected chi connectivity index (χ0v) is 13.5. The molecule has 3 nitrogen and oxygen atoms in total. The van der Waals surface area contributed by atoms with Crippen molar-refractivity contribution in [2.45, 2.75) is 5.92 Å². The van der Waals surface area contributed by atoms with Crippen molar-refractivity contribution in [1.29, 1.82) is 0 Å². The Morgan fingerprint density at radius 1 is 0.833 bits per heavy atom. The normalized spacial score (nSPS) is 12.7. The lowest BCUT2D eigenvalue weighted by molar-refractivity contribution is -0.116. The minimum Gasteiger partial charge on any atom is -0.457 e. The van der Waals surface area contributed by atoms with Gasteiger partial charge in [-0.05, 0) is 24.3 Å². The summed E-state index contributed by atoms with van der Waals surface area (Å²) in [5.74, 6) is 0.833. The first-order valence-electron chi connectivity index (χ1n) is 7.65. The van der Waals surface area contributed by atoms with Gasteiger partial charge in [0.25, 0.3) is 0 Å². The number of rotatable bonds is 2. The lowest BCUT2D eigenvalue weighted by atomic mass is 9.87.